The van der Waals surface area contributed by atoms with E-state index in [0.29, 0.717) is 13.0 Å². The van der Waals surface area contributed by atoms with Crippen LogP contribution < -0.4 is 9.67 Å². The molecule has 40 heavy (non-hydrogen) atoms. The number of imidazole rings is 1. The minimum absolute atomic E-state index is 0.0255. The fraction of sp³-hybridized carbons (Fsp3) is 0.500. The van der Waals surface area contributed by atoms with Crippen molar-refractivity contribution in [3.63, 3.8) is 0 Å². The average molecular weight is 547 g/mol. The molecule has 0 atom stereocenters. The summed E-state index contributed by atoms with van der Waals surface area (Å²) in [6, 6.07) is 12.5. The number of carboxylic acid groups (broad SMARTS) is 1. The van der Waals surface area contributed by atoms with Crippen LogP contribution in [0.25, 0.3) is 11.4 Å². The van der Waals surface area contributed by atoms with E-state index in [1.807, 2.05) is 21.5 Å². The molecule has 4 rings (SSSR count). The Hall–Kier alpha value is -3.41. The maximum absolute atomic E-state index is 12.6. The van der Waals surface area contributed by atoms with Crippen LogP contribution in [0.5, 0.6) is 0 Å². The Bertz CT molecular complexity index is 1170. The summed E-state index contributed by atoms with van der Waals surface area (Å²) in [7, 11) is 0. The molecule has 0 aliphatic carbocycles. The molecule has 1 saturated heterocycles. The summed E-state index contributed by atoms with van der Waals surface area (Å²) in [6.45, 7) is 17.8. The molecular weight excluding hydrogens is 500 g/mol. The summed E-state index contributed by atoms with van der Waals surface area (Å²) in [5.74, 6) is -0.0488. The first-order chi connectivity index (χ1) is 19.0. The zero-order chi connectivity index (χ0) is 29.6. The highest BCUT2D eigenvalue weighted by Crippen LogP contribution is 2.33. The van der Waals surface area contributed by atoms with E-state index < -0.39 is 5.97 Å². The summed E-state index contributed by atoms with van der Waals surface area (Å²) in [5, 5.41) is 12.6. The van der Waals surface area contributed by atoms with Gasteiger partial charge in [-0.15, -0.1) is 0 Å². The Morgan fingerprint density at radius 1 is 0.800 bits per heavy atom. The van der Waals surface area contributed by atoms with E-state index in [2.05, 4.69) is 91.8 Å². The molecule has 2 heterocycles. The van der Waals surface area contributed by atoms with Gasteiger partial charge in [0.25, 0.3) is 0 Å². The van der Waals surface area contributed by atoms with Crippen molar-refractivity contribution in [1.29, 1.82) is 0 Å². The van der Waals surface area contributed by atoms with Gasteiger partial charge in [-0.05, 0) is 42.9 Å². The van der Waals surface area contributed by atoms with Gasteiger partial charge in [0.05, 0.1) is 6.61 Å². The van der Waals surface area contributed by atoms with Crippen molar-refractivity contribution in [3.8, 4) is 11.4 Å². The van der Waals surface area contributed by atoms with E-state index in [9.17, 15) is 14.7 Å². The lowest BCUT2D eigenvalue weighted by molar-refractivity contribution is -0.602. The number of hydrogen-bond donors (Lipinski definition) is 0. The number of nitrogens with zero attached hydrogens (tertiary/aromatic N) is 2. The van der Waals surface area contributed by atoms with Gasteiger partial charge in [0, 0.05) is 28.7 Å². The molecule has 2 aromatic carbocycles. The third kappa shape index (κ3) is 7.01. The van der Waals surface area contributed by atoms with Gasteiger partial charge in [0.15, 0.2) is 5.97 Å². The van der Waals surface area contributed by atoms with E-state index in [0.717, 1.165) is 52.9 Å². The van der Waals surface area contributed by atoms with Crippen LogP contribution in [0.4, 0.5) is 0 Å². The van der Waals surface area contributed by atoms with Crippen molar-refractivity contribution in [2.75, 3.05) is 6.61 Å². The highest BCUT2D eigenvalue weighted by Gasteiger charge is 2.30. The van der Waals surface area contributed by atoms with Gasteiger partial charge in [-0.2, -0.15) is 9.13 Å². The molecule has 216 valence electrons. The van der Waals surface area contributed by atoms with Gasteiger partial charge in [-0.25, -0.2) is 0 Å². The molecule has 1 aliphatic heterocycles. The first-order valence-corrected chi connectivity index (χ1v) is 14.7. The van der Waals surface area contributed by atoms with Crippen LogP contribution in [-0.2, 0) is 9.53 Å². The van der Waals surface area contributed by atoms with Crippen LogP contribution in [0.2, 0.25) is 0 Å². The lowest BCUT2D eigenvalue weighted by atomic mass is 9.92. The molecule has 1 aliphatic rings. The molecule has 6 nitrogen and oxygen atoms in total. The number of rotatable bonds is 7. The van der Waals surface area contributed by atoms with E-state index in [4.69, 9.17) is 4.74 Å². The van der Waals surface area contributed by atoms with Crippen molar-refractivity contribution >= 4 is 11.9 Å². The predicted molar refractivity (Wildman–Crippen MR) is 157 cm³/mol. The second-order valence-electron chi connectivity index (χ2n) is 11.9. The molecule has 0 N–H and O–H groups in total. The summed E-state index contributed by atoms with van der Waals surface area (Å²) in [5.41, 5.74) is 6.41. The number of carboxylic acids is 1. The van der Waals surface area contributed by atoms with Gasteiger partial charge >= 0.3 is 11.8 Å². The molecule has 0 radical (unpaired) electrons. The lowest BCUT2D eigenvalue weighted by Gasteiger charge is -2.20. The quantitative estimate of drug-likeness (QED) is 0.244. The van der Waals surface area contributed by atoms with Crippen molar-refractivity contribution in [1.82, 2.24) is 4.57 Å². The minimum atomic E-state index is -1.18. The normalized spacial score (nSPS) is 13.8. The van der Waals surface area contributed by atoms with Crippen molar-refractivity contribution in [2.45, 2.75) is 105 Å². The average Bonchev–Trinajstić information content (AvgIpc) is 3.20. The van der Waals surface area contributed by atoms with Gasteiger partial charge in [-0.1, -0.05) is 91.8 Å². The third-order valence-electron chi connectivity index (χ3n) is 7.46. The van der Waals surface area contributed by atoms with E-state index in [-0.39, 0.29) is 35.5 Å². The Morgan fingerprint density at radius 3 is 1.77 bits per heavy atom. The van der Waals surface area contributed by atoms with Crippen LogP contribution in [-0.4, -0.2) is 23.1 Å². The smallest absolute Gasteiger partial charge is 0.315 e. The molecule has 0 unspecified atom stereocenters. The van der Waals surface area contributed by atoms with Crippen LogP contribution in [0.15, 0.2) is 48.8 Å². The monoisotopic (exact) mass is 546 g/mol. The third-order valence-corrected chi connectivity index (χ3v) is 7.46. The largest absolute Gasteiger partial charge is 0.538 e. The molecule has 0 saturated carbocycles. The van der Waals surface area contributed by atoms with Gasteiger partial charge < -0.3 is 14.6 Å². The second kappa shape index (κ2) is 13.8. The van der Waals surface area contributed by atoms with Crippen molar-refractivity contribution in [2.24, 2.45) is 0 Å². The second-order valence-corrected chi connectivity index (χ2v) is 11.9. The highest BCUT2D eigenvalue weighted by atomic mass is 16.5. The molecule has 0 bridgehead atoms. The molecular formula is C34H46N2O4. The Kier molecular flexibility index (Phi) is 10.7. The van der Waals surface area contributed by atoms with Crippen molar-refractivity contribution < 1.29 is 24.0 Å². The number of esters is 1. The Labute approximate surface area is 240 Å². The van der Waals surface area contributed by atoms with E-state index in [1.165, 1.54) is 0 Å². The zero-order valence-corrected chi connectivity index (χ0v) is 25.5. The molecule has 1 aromatic heterocycles. The molecule has 3 aromatic rings. The first-order valence-electron chi connectivity index (χ1n) is 14.7. The molecule has 6 heteroatoms. The van der Waals surface area contributed by atoms with Crippen LogP contribution in [0.1, 0.15) is 138 Å². The summed E-state index contributed by atoms with van der Waals surface area (Å²) >= 11 is 0. The van der Waals surface area contributed by atoms with E-state index >= 15 is 0 Å². The molecule has 1 fully saturated rings. The van der Waals surface area contributed by atoms with E-state index in [1.54, 1.807) is 0 Å². The fourth-order valence-electron chi connectivity index (χ4n) is 5.33. The van der Waals surface area contributed by atoms with Gasteiger partial charge in [0.2, 0.25) is 0 Å². The lowest BCUT2D eigenvalue weighted by Crippen LogP contribution is -2.44. The molecule has 0 spiro atoms. The van der Waals surface area contributed by atoms with Crippen LogP contribution >= 0.6 is 0 Å². The minimum Gasteiger partial charge on any atom is -0.538 e. The number of carbonyl (C=O) groups excluding carboxylic acids is 2. The number of cyclic esters (lactones) is 1. The number of benzene rings is 2. The molecule has 0 amide bonds. The number of aromatic carboxylic acids is 1. The number of carbonyl (C=O) groups is 2. The number of para-hydroxylation sites is 2. The van der Waals surface area contributed by atoms with Gasteiger partial charge in [0.1, 0.15) is 23.8 Å². The summed E-state index contributed by atoms with van der Waals surface area (Å²) in [6.07, 6.45) is 7.58. The predicted octanol–water partition coefficient (Wildman–Crippen LogP) is 6.71. The topological polar surface area (TPSA) is 75.2 Å². The standard InChI is InChI=1S/C28H36N2O2.C6H10O2/c1-17(2)21-11-9-12-22(18(3)4)25(21)29-15-16-30(27(29)28(31)32)26-23(19(5)6)13-10-14-24(26)20(7)8;7-6-4-2-1-3-5-8-6/h9-20H,1-8H3;1-5H2. The zero-order valence-electron chi connectivity index (χ0n) is 25.5. The highest BCUT2D eigenvalue weighted by molar-refractivity contribution is 5.81. The fourth-order valence-corrected chi connectivity index (χ4v) is 5.33. The first kappa shape index (κ1) is 31.1. The number of ether oxygens (including phenoxy) is 1. The summed E-state index contributed by atoms with van der Waals surface area (Å²) < 4.78 is 8.41. The SMILES string of the molecule is CC(C)c1cccc(C(C)C)c1-n1cc[n+](-c2c(C(C)C)cccc2C(C)C)c1C(=O)[O-].O=C1CCCCCO1. The summed E-state index contributed by atoms with van der Waals surface area (Å²) in [4.78, 5) is 23.1. The van der Waals surface area contributed by atoms with Crippen LogP contribution in [0.3, 0.4) is 0 Å². The Balaban J connectivity index is 0.000000472. The van der Waals surface area contributed by atoms with Crippen LogP contribution in [0, 0.1) is 0 Å². The maximum atomic E-state index is 12.6. The van der Waals surface area contributed by atoms with Gasteiger partial charge in [-0.3, -0.25) is 4.79 Å². The Morgan fingerprint density at radius 2 is 1.30 bits per heavy atom. The van der Waals surface area contributed by atoms with Crippen molar-refractivity contribution in [3.05, 3.63) is 76.9 Å². The number of hydrogen-bond acceptors (Lipinski definition) is 4. The maximum Gasteiger partial charge on any atom is 0.315 e. The number of aromatic nitrogens is 2.